The number of hydrogen-bond donors (Lipinski definition) is 0. The number of rotatable bonds is 5. The number of morpholine rings is 1. The highest BCUT2D eigenvalue weighted by atomic mass is 35.5. The van der Waals surface area contributed by atoms with Crippen LogP contribution in [0.15, 0.2) is 41.3 Å². The van der Waals surface area contributed by atoms with Crippen molar-refractivity contribution in [3.05, 3.63) is 64.2 Å². The molecule has 1 aliphatic heterocycles. The van der Waals surface area contributed by atoms with Crippen LogP contribution in [0.4, 0.5) is 22.0 Å². The second-order valence-corrected chi connectivity index (χ2v) is 9.00. The van der Waals surface area contributed by atoms with Crippen LogP contribution in [0.5, 0.6) is 0 Å². The van der Waals surface area contributed by atoms with E-state index in [-0.39, 0.29) is 31.3 Å². The minimum absolute atomic E-state index is 0.0224. The molecular weight excluding hydrogens is 485 g/mol. The van der Waals surface area contributed by atoms with Gasteiger partial charge in [-0.05, 0) is 30.3 Å². The number of benzene rings is 2. The van der Waals surface area contributed by atoms with Gasteiger partial charge in [-0.2, -0.15) is 17.5 Å². The number of nitrogens with zero attached hydrogens (tertiary/aromatic N) is 1. The van der Waals surface area contributed by atoms with Crippen LogP contribution in [-0.2, 0) is 19.5 Å². The molecule has 2 aromatic carbocycles. The first kappa shape index (κ1) is 24.4. The maximum Gasteiger partial charge on any atom is 0.429 e. The molecule has 32 heavy (non-hydrogen) atoms. The Kier molecular flexibility index (Phi) is 7.08. The average Bonchev–Trinajstić information content (AvgIpc) is 2.71. The second-order valence-electron chi connectivity index (χ2n) is 6.69. The van der Waals surface area contributed by atoms with Gasteiger partial charge in [0.1, 0.15) is 16.5 Å². The molecule has 0 spiro atoms. The quantitative estimate of drug-likeness (QED) is 0.457. The summed E-state index contributed by atoms with van der Waals surface area (Å²) < 4.78 is 103. The lowest BCUT2D eigenvalue weighted by Gasteiger charge is -2.26. The molecule has 0 aliphatic carbocycles. The molecule has 0 unspecified atom stereocenters. The molecule has 0 amide bonds. The van der Waals surface area contributed by atoms with Crippen molar-refractivity contribution in [1.82, 2.24) is 4.31 Å². The minimum Gasteiger partial charge on any atom is -0.444 e. The molecule has 0 bridgehead atoms. The fourth-order valence-electron chi connectivity index (χ4n) is 2.98. The van der Waals surface area contributed by atoms with Gasteiger partial charge in [0.25, 0.3) is 0 Å². The van der Waals surface area contributed by atoms with Crippen LogP contribution >= 0.6 is 11.6 Å². The lowest BCUT2D eigenvalue weighted by Crippen LogP contribution is -2.40. The van der Waals surface area contributed by atoms with Crippen molar-refractivity contribution < 1.29 is 44.6 Å². The topological polar surface area (TPSA) is 72.9 Å². The van der Waals surface area contributed by atoms with Gasteiger partial charge >= 0.3 is 12.1 Å². The van der Waals surface area contributed by atoms with Crippen molar-refractivity contribution in [2.24, 2.45) is 0 Å². The summed E-state index contributed by atoms with van der Waals surface area (Å²) in [5, 5.41) is -0.257. The van der Waals surface area contributed by atoms with Crippen LogP contribution in [0.2, 0.25) is 5.02 Å². The van der Waals surface area contributed by atoms with Crippen LogP contribution in [-0.4, -0.2) is 51.2 Å². The van der Waals surface area contributed by atoms with E-state index in [0.29, 0.717) is 18.2 Å². The van der Waals surface area contributed by atoms with Gasteiger partial charge in [0.05, 0.1) is 23.8 Å². The number of carbonyl (C=O) groups excluding carboxylic acids is 1. The third-order valence-corrected chi connectivity index (χ3v) is 6.84. The van der Waals surface area contributed by atoms with Gasteiger partial charge in [-0.1, -0.05) is 11.6 Å². The van der Waals surface area contributed by atoms with Crippen molar-refractivity contribution in [2.75, 3.05) is 26.3 Å². The van der Waals surface area contributed by atoms with E-state index in [0.717, 1.165) is 22.5 Å². The Labute approximate surface area is 184 Å². The zero-order valence-electron chi connectivity index (χ0n) is 16.0. The predicted molar refractivity (Wildman–Crippen MR) is 102 cm³/mol. The van der Waals surface area contributed by atoms with Crippen molar-refractivity contribution in [3.8, 4) is 0 Å². The molecule has 1 fully saturated rings. The number of sulfonamides is 1. The highest BCUT2D eigenvalue weighted by molar-refractivity contribution is 7.89. The van der Waals surface area contributed by atoms with Gasteiger partial charge < -0.3 is 9.47 Å². The summed E-state index contributed by atoms with van der Waals surface area (Å²) in [6.07, 6.45) is -8.19. The van der Waals surface area contributed by atoms with Crippen LogP contribution < -0.4 is 0 Å². The molecular formula is C19H15ClF5NO5S. The summed E-state index contributed by atoms with van der Waals surface area (Å²) in [6.45, 7) is 0.315. The van der Waals surface area contributed by atoms with Gasteiger partial charge in [0.15, 0.2) is 0 Å². The third kappa shape index (κ3) is 5.37. The Bertz CT molecular complexity index is 1100. The smallest absolute Gasteiger partial charge is 0.429 e. The molecule has 13 heteroatoms. The first-order valence-corrected chi connectivity index (χ1v) is 10.8. The Hall–Kier alpha value is -2.28. The summed E-state index contributed by atoms with van der Waals surface area (Å²) in [5.41, 5.74) is -1.52. The number of ether oxygens (including phenoxy) is 2. The van der Waals surface area contributed by atoms with Crippen LogP contribution in [0.3, 0.4) is 0 Å². The molecule has 6 nitrogen and oxygen atoms in total. The molecule has 0 radical (unpaired) electrons. The van der Waals surface area contributed by atoms with E-state index in [2.05, 4.69) is 4.74 Å². The first-order valence-electron chi connectivity index (χ1n) is 9.01. The van der Waals surface area contributed by atoms with E-state index in [4.69, 9.17) is 16.3 Å². The number of halogens is 6. The lowest BCUT2D eigenvalue weighted by molar-refractivity contribution is -0.207. The zero-order valence-corrected chi connectivity index (χ0v) is 17.6. The number of hydrogen-bond acceptors (Lipinski definition) is 5. The molecule has 174 valence electrons. The van der Waals surface area contributed by atoms with Crippen LogP contribution in [0.25, 0.3) is 0 Å². The molecule has 0 aromatic heterocycles. The van der Waals surface area contributed by atoms with Gasteiger partial charge in [0, 0.05) is 24.7 Å². The van der Waals surface area contributed by atoms with Crippen LogP contribution in [0.1, 0.15) is 22.0 Å². The van der Waals surface area contributed by atoms with Crippen LogP contribution in [0, 0.1) is 11.6 Å². The van der Waals surface area contributed by atoms with E-state index in [1.165, 1.54) is 0 Å². The van der Waals surface area contributed by atoms with Gasteiger partial charge in [-0.15, -0.1) is 0 Å². The molecule has 3 rings (SSSR count). The van der Waals surface area contributed by atoms with Crippen molar-refractivity contribution in [3.63, 3.8) is 0 Å². The largest absolute Gasteiger partial charge is 0.444 e. The molecule has 2 aromatic rings. The fraction of sp³-hybridized carbons (Fsp3) is 0.316. The molecule has 0 N–H and O–H groups in total. The summed E-state index contributed by atoms with van der Waals surface area (Å²) in [5.74, 6) is -4.15. The van der Waals surface area contributed by atoms with Crippen molar-refractivity contribution >= 4 is 27.6 Å². The Morgan fingerprint density at radius 2 is 1.66 bits per heavy atom. The number of carbonyl (C=O) groups is 1. The number of alkyl halides is 3. The van der Waals surface area contributed by atoms with E-state index >= 15 is 0 Å². The summed E-state index contributed by atoms with van der Waals surface area (Å²) in [6, 6.07) is 3.91. The standard InChI is InChI=1S/C19H15ClF5NO5S/c20-15-2-1-11(9-16(15)32(28,29)26-3-5-30-6-4-26)18(27)31-17(19(23,24)25)12-7-13(21)10-14(22)8-12/h1-2,7-10,17H,3-6H2/t17-/m0/s1. The van der Waals surface area contributed by atoms with Gasteiger partial charge in [-0.3, -0.25) is 0 Å². The Morgan fingerprint density at radius 1 is 1.06 bits per heavy atom. The van der Waals surface area contributed by atoms with E-state index in [1.54, 1.807) is 0 Å². The molecule has 1 saturated heterocycles. The van der Waals surface area contributed by atoms with Gasteiger partial charge in [0.2, 0.25) is 16.1 Å². The van der Waals surface area contributed by atoms with E-state index < -0.39 is 55.9 Å². The second kappa shape index (κ2) is 9.30. The summed E-state index contributed by atoms with van der Waals surface area (Å²) in [4.78, 5) is 11.9. The highest BCUT2D eigenvalue weighted by Gasteiger charge is 2.45. The molecule has 1 heterocycles. The maximum atomic E-state index is 13.5. The van der Waals surface area contributed by atoms with Gasteiger partial charge in [-0.25, -0.2) is 22.0 Å². The molecule has 1 atom stereocenters. The summed E-state index contributed by atoms with van der Waals surface area (Å²) >= 11 is 5.96. The van der Waals surface area contributed by atoms with E-state index in [1.807, 2.05) is 0 Å². The predicted octanol–water partition coefficient (Wildman–Crippen LogP) is 4.10. The fourth-order valence-corrected chi connectivity index (χ4v) is 4.89. The SMILES string of the molecule is O=C(O[C@@H](c1cc(F)cc(F)c1)C(F)(F)F)c1ccc(Cl)c(S(=O)(=O)N2CCOCC2)c1. The Balaban J connectivity index is 1.93. The normalized spacial score (nSPS) is 16.6. The van der Waals surface area contributed by atoms with E-state index in [9.17, 15) is 35.2 Å². The monoisotopic (exact) mass is 499 g/mol. The Morgan fingerprint density at radius 3 is 2.22 bits per heavy atom. The first-order chi connectivity index (χ1) is 14.9. The average molecular weight is 500 g/mol. The summed E-state index contributed by atoms with van der Waals surface area (Å²) in [7, 11) is -4.18. The van der Waals surface area contributed by atoms with Crippen molar-refractivity contribution in [1.29, 1.82) is 0 Å². The number of esters is 1. The van der Waals surface area contributed by atoms with Crippen molar-refractivity contribution in [2.45, 2.75) is 17.2 Å². The zero-order chi connectivity index (χ0) is 23.7. The minimum atomic E-state index is -5.20. The molecule has 1 aliphatic rings. The third-order valence-electron chi connectivity index (χ3n) is 4.46. The molecule has 0 saturated carbocycles. The maximum absolute atomic E-state index is 13.5. The lowest BCUT2D eigenvalue weighted by atomic mass is 10.1. The highest BCUT2D eigenvalue weighted by Crippen LogP contribution is 2.37.